The molecule has 1 aliphatic carbocycles. The van der Waals surface area contributed by atoms with E-state index in [9.17, 15) is 4.79 Å². The zero-order chi connectivity index (χ0) is 11.3. The quantitative estimate of drug-likeness (QED) is 0.712. The molecule has 0 aliphatic heterocycles. The SMILES string of the molecule is CCCCC(NC1CCC(C)C1)C(=O)O. The Kier molecular flexibility index (Phi) is 5.09. The fraction of sp³-hybridized carbons (Fsp3) is 0.917. The predicted molar refractivity (Wildman–Crippen MR) is 60.9 cm³/mol. The lowest BCUT2D eigenvalue weighted by atomic mass is 10.1. The minimum atomic E-state index is -0.692. The summed E-state index contributed by atoms with van der Waals surface area (Å²) in [6.45, 7) is 4.33. The Morgan fingerprint density at radius 3 is 2.73 bits per heavy atom. The lowest BCUT2D eigenvalue weighted by Gasteiger charge is -2.19. The van der Waals surface area contributed by atoms with Crippen molar-refractivity contribution in [1.29, 1.82) is 0 Å². The monoisotopic (exact) mass is 213 g/mol. The van der Waals surface area contributed by atoms with Gasteiger partial charge in [0.1, 0.15) is 6.04 Å². The van der Waals surface area contributed by atoms with E-state index in [1.807, 2.05) is 0 Å². The molecule has 1 fully saturated rings. The van der Waals surface area contributed by atoms with Crippen molar-refractivity contribution >= 4 is 5.97 Å². The van der Waals surface area contributed by atoms with E-state index in [-0.39, 0.29) is 6.04 Å². The van der Waals surface area contributed by atoms with Crippen molar-refractivity contribution in [3.05, 3.63) is 0 Å². The summed E-state index contributed by atoms with van der Waals surface area (Å²) in [6, 6.07) is 0.0956. The van der Waals surface area contributed by atoms with Crippen LogP contribution in [0.25, 0.3) is 0 Å². The van der Waals surface area contributed by atoms with Crippen molar-refractivity contribution in [2.24, 2.45) is 5.92 Å². The highest BCUT2D eigenvalue weighted by atomic mass is 16.4. The molecule has 0 spiro atoms. The summed E-state index contributed by atoms with van der Waals surface area (Å²) in [6.07, 6.45) is 6.32. The van der Waals surface area contributed by atoms with Gasteiger partial charge in [-0.15, -0.1) is 0 Å². The Labute approximate surface area is 92.3 Å². The summed E-state index contributed by atoms with van der Waals surface area (Å²) in [5.74, 6) is 0.0612. The second-order valence-corrected chi connectivity index (χ2v) is 4.81. The Hall–Kier alpha value is -0.570. The fourth-order valence-corrected chi connectivity index (χ4v) is 2.33. The summed E-state index contributed by atoms with van der Waals surface area (Å²) in [5.41, 5.74) is 0. The van der Waals surface area contributed by atoms with Gasteiger partial charge in [-0.2, -0.15) is 0 Å². The first-order valence-electron chi connectivity index (χ1n) is 6.12. The molecule has 0 bridgehead atoms. The maximum atomic E-state index is 11.0. The molecule has 0 heterocycles. The first kappa shape index (κ1) is 12.5. The molecular weight excluding hydrogens is 190 g/mol. The van der Waals surface area contributed by atoms with Crippen molar-refractivity contribution in [1.82, 2.24) is 5.32 Å². The topological polar surface area (TPSA) is 49.3 Å². The third kappa shape index (κ3) is 4.20. The van der Waals surface area contributed by atoms with Crippen LogP contribution in [0.2, 0.25) is 0 Å². The first-order chi connectivity index (χ1) is 7.13. The fourth-order valence-electron chi connectivity index (χ4n) is 2.33. The van der Waals surface area contributed by atoms with Gasteiger partial charge in [-0.05, 0) is 31.6 Å². The normalized spacial score (nSPS) is 27.9. The average Bonchev–Trinajstić information content (AvgIpc) is 2.58. The van der Waals surface area contributed by atoms with Crippen LogP contribution < -0.4 is 5.32 Å². The van der Waals surface area contributed by atoms with Gasteiger partial charge in [0.05, 0.1) is 0 Å². The van der Waals surface area contributed by atoms with Crippen LogP contribution in [0.15, 0.2) is 0 Å². The molecular formula is C12H23NO2. The van der Waals surface area contributed by atoms with Gasteiger partial charge >= 0.3 is 5.97 Å². The Balaban J connectivity index is 2.33. The summed E-state index contributed by atoms with van der Waals surface area (Å²) >= 11 is 0. The summed E-state index contributed by atoms with van der Waals surface area (Å²) in [4.78, 5) is 11.0. The third-order valence-corrected chi connectivity index (χ3v) is 3.28. The standard InChI is InChI=1S/C12H23NO2/c1-3-4-5-11(12(14)15)13-10-7-6-9(2)8-10/h9-11,13H,3-8H2,1-2H3,(H,14,15). The minimum Gasteiger partial charge on any atom is -0.480 e. The van der Waals surface area contributed by atoms with Crippen LogP contribution in [0, 0.1) is 5.92 Å². The number of unbranched alkanes of at least 4 members (excludes halogenated alkanes) is 1. The van der Waals surface area contributed by atoms with E-state index in [2.05, 4.69) is 19.2 Å². The lowest BCUT2D eigenvalue weighted by molar-refractivity contribution is -0.139. The van der Waals surface area contributed by atoms with Gasteiger partial charge < -0.3 is 10.4 Å². The van der Waals surface area contributed by atoms with Crippen LogP contribution >= 0.6 is 0 Å². The lowest BCUT2D eigenvalue weighted by Crippen LogP contribution is -2.42. The second-order valence-electron chi connectivity index (χ2n) is 4.81. The van der Waals surface area contributed by atoms with Gasteiger partial charge in [0.2, 0.25) is 0 Å². The van der Waals surface area contributed by atoms with Crippen LogP contribution in [0.3, 0.4) is 0 Å². The van der Waals surface area contributed by atoms with E-state index in [4.69, 9.17) is 5.11 Å². The molecule has 3 nitrogen and oxygen atoms in total. The first-order valence-corrected chi connectivity index (χ1v) is 6.12. The van der Waals surface area contributed by atoms with Crippen molar-refractivity contribution in [2.45, 2.75) is 64.5 Å². The van der Waals surface area contributed by atoms with Crippen LogP contribution in [0.4, 0.5) is 0 Å². The molecule has 0 aromatic carbocycles. The predicted octanol–water partition coefficient (Wildman–Crippen LogP) is 2.41. The van der Waals surface area contributed by atoms with Crippen molar-refractivity contribution < 1.29 is 9.90 Å². The maximum Gasteiger partial charge on any atom is 0.320 e. The second kappa shape index (κ2) is 6.11. The number of nitrogens with one attached hydrogen (secondary N) is 1. The smallest absolute Gasteiger partial charge is 0.320 e. The largest absolute Gasteiger partial charge is 0.480 e. The zero-order valence-corrected chi connectivity index (χ0v) is 9.83. The number of rotatable bonds is 6. The molecule has 0 amide bonds. The van der Waals surface area contributed by atoms with Crippen LogP contribution in [0.1, 0.15) is 52.4 Å². The Bertz CT molecular complexity index is 206. The molecule has 15 heavy (non-hydrogen) atoms. The molecule has 0 aromatic heterocycles. The number of carboxylic acid groups (broad SMARTS) is 1. The highest BCUT2D eigenvalue weighted by Crippen LogP contribution is 2.25. The third-order valence-electron chi connectivity index (χ3n) is 3.28. The summed E-state index contributed by atoms with van der Waals surface area (Å²) in [5, 5.41) is 12.3. The van der Waals surface area contributed by atoms with Gasteiger partial charge in [-0.25, -0.2) is 0 Å². The van der Waals surface area contributed by atoms with Gasteiger partial charge in [-0.3, -0.25) is 4.79 Å². The molecule has 88 valence electrons. The van der Waals surface area contributed by atoms with Crippen molar-refractivity contribution in [2.75, 3.05) is 0 Å². The molecule has 3 heteroatoms. The van der Waals surface area contributed by atoms with E-state index in [1.54, 1.807) is 0 Å². The average molecular weight is 213 g/mol. The molecule has 3 atom stereocenters. The number of carboxylic acids is 1. The zero-order valence-electron chi connectivity index (χ0n) is 9.83. The highest BCUT2D eigenvalue weighted by Gasteiger charge is 2.26. The Morgan fingerprint density at radius 1 is 1.53 bits per heavy atom. The molecule has 1 aliphatic rings. The number of carbonyl (C=O) groups is 1. The van der Waals surface area contributed by atoms with Crippen molar-refractivity contribution in [3.8, 4) is 0 Å². The molecule has 1 rings (SSSR count). The van der Waals surface area contributed by atoms with Gasteiger partial charge in [0, 0.05) is 6.04 Å². The van der Waals surface area contributed by atoms with E-state index in [1.165, 1.54) is 6.42 Å². The minimum absolute atomic E-state index is 0.333. The van der Waals surface area contributed by atoms with Gasteiger partial charge in [0.15, 0.2) is 0 Å². The maximum absolute atomic E-state index is 11.0. The molecule has 3 unspecified atom stereocenters. The number of aliphatic carboxylic acids is 1. The van der Waals surface area contributed by atoms with E-state index in [0.29, 0.717) is 6.04 Å². The van der Waals surface area contributed by atoms with Gasteiger partial charge in [-0.1, -0.05) is 26.7 Å². The summed E-state index contributed by atoms with van der Waals surface area (Å²) < 4.78 is 0. The molecule has 0 radical (unpaired) electrons. The van der Waals surface area contributed by atoms with Crippen LogP contribution in [-0.4, -0.2) is 23.2 Å². The number of hydrogen-bond donors (Lipinski definition) is 2. The Morgan fingerprint density at radius 2 is 2.27 bits per heavy atom. The summed E-state index contributed by atoms with van der Waals surface area (Å²) in [7, 11) is 0. The van der Waals surface area contributed by atoms with Crippen molar-refractivity contribution in [3.63, 3.8) is 0 Å². The van der Waals surface area contributed by atoms with Crippen LogP contribution in [-0.2, 0) is 4.79 Å². The van der Waals surface area contributed by atoms with E-state index in [0.717, 1.165) is 38.0 Å². The molecule has 1 saturated carbocycles. The van der Waals surface area contributed by atoms with Gasteiger partial charge in [0.25, 0.3) is 0 Å². The highest BCUT2D eigenvalue weighted by molar-refractivity contribution is 5.73. The number of hydrogen-bond acceptors (Lipinski definition) is 2. The van der Waals surface area contributed by atoms with E-state index < -0.39 is 5.97 Å². The van der Waals surface area contributed by atoms with Crippen LogP contribution in [0.5, 0.6) is 0 Å². The van der Waals surface area contributed by atoms with E-state index >= 15 is 0 Å². The molecule has 0 saturated heterocycles. The molecule has 2 N–H and O–H groups in total. The molecule has 0 aromatic rings.